The quantitative estimate of drug-likeness (QED) is 0.344. The number of hydrogen-bond acceptors (Lipinski definition) is 2. The highest BCUT2D eigenvalue weighted by Gasteiger charge is 2.18. The van der Waals surface area contributed by atoms with Gasteiger partial charge in [0.15, 0.2) is 0 Å². The van der Waals surface area contributed by atoms with Crippen LogP contribution < -0.4 is 0 Å². The van der Waals surface area contributed by atoms with Gasteiger partial charge in [-0.2, -0.15) is 0 Å². The summed E-state index contributed by atoms with van der Waals surface area (Å²) in [6, 6.07) is 0. The van der Waals surface area contributed by atoms with Gasteiger partial charge in [-0.25, -0.2) is 0 Å². The molecule has 0 unspecified atom stereocenters. The van der Waals surface area contributed by atoms with E-state index in [1.54, 1.807) is 0 Å². The molecule has 0 bridgehead atoms. The third-order valence-corrected chi connectivity index (χ3v) is 3.50. The average molecular weight is 238 g/mol. The van der Waals surface area contributed by atoms with Gasteiger partial charge in [-0.15, -0.1) is 6.58 Å². The van der Waals surface area contributed by atoms with Crippen LogP contribution in [0.5, 0.6) is 0 Å². The predicted octanol–water partition coefficient (Wildman–Crippen LogP) is 3.94. The lowest BCUT2D eigenvalue weighted by atomic mass is 9.82. The van der Waals surface area contributed by atoms with Gasteiger partial charge in [-0.3, -0.25) is 0 Å². The first-order valence-corrected chi connectivity index (χ1v) is 6.79. The minimum atomic E-state index is 0.752. The minimum Gasteiger partial charge on any atom is -0.502 e. The Labute approximate surface area is 106 Å². The Morgan fingerprint density at radius 2 is 1.71 bits per heavy atom. The normalized spacial score (nSPS) is 24.2. The van der Waals surface area contributed by atoms with E-state index in [0.29, 0.717) is 0 Å². The molecule has 0 N–H and O–H groups in total. The molecule has 0 aliphatic heterocycles. The summed E-state index contributed by atoms with van der Waals surface area (Å²) in [7, 11) is 0. The largest absolute Gasteiger partial charge is 0.502 e. The fraction of sp³-hybridized carbons (Fsp3) is 0.733. The summed E-state index contributed by atoms with van der Waals surface area (Å²) in [6.45, 7) is 9.94. The Morgan fingerprint density at radius 3 is 2.35 bits per heavy atom. The molecule has 1 saturated carbocycles. The van der Waals surface area contributed by atoms with Gasteiger partial charge in [-0.05, 0) is 50.4 Å². The van der Waals surface area contributed by atoms with Crippen LogP contribution in [0.4, 0.5) is 0 Å². The summed E-state index contributed by atoms with van der Waals surface area (Å²) in [5, 5.41) is 0. The first-order chi connectivity index (χ1) is 8.36. The monoisotopic (exact) mass is 238 g/mol. The Kier molecular flexibility index (Phi) is 7.81. The van der Waals surface area contributed by atoms with Gasteiger partial charge in [0.1, 0.15) is 0 Å². The van der Waals surface area contributed by atoms with Crippen molar-refractivity contribution in [1.29, 1.82) is 0 Å². The lowest BCUT2D eigenvalue weighted by Gasteiger charge is -2.26. The number of allylic oxidation sites excluding steroid dienone is 1. The molecule has 0 amide bonds. The number of unbranched alkanes of at least 4 members (excludes halogenated alkanes) is 1. The van der Waals surface area contributed by atoms with Crippen molar-refractivity contribution in [3.8, 4) is 0 Å². The first kappa shape index (κ1) is 14.3. The van der Waals surface area contributed by atoms with Crippen molar-refractivity contribution in [1.82, 2.24) is 0 Å². The molecule has 1 aliphatic rings. The zero-order chi connectivity index (χ0) is 12.3. The van der Waals surface area contributed by atoms with E-state index < -0.39 is 0 Å². The summed E-state index contributed by atoms with van der Waals surface area (Å²) in [5.41, 5.74) is 0. The molecule has 2 nitrogen and oxygen atoms in total. The van der Waals surface area contributed by atoms with Gasteiger partial charge in [0, 0.05) is 13.2 Å². The highest BCUT2D eigenvalue weighted by atomic mass is 16.5. The molecule has 0 spiro atoms. The molecule has 2 heteroatoms. The van der Waals surface area contributed by atoms with Crippen LogP contribution in [0.3, 0.4) is 0 Å². The molecular formula is C15H26O2. The number of ether oxygens (including phenoxy) is 2. The molecule has 0 atom stereocenters. The Hall–Kier alpha value is -0.760. The molecule has 0 saturated heterocycles. The second-order valence-electron chi connectivity index (χ2n) is 4.84. The molecule has 98 valence electrons. The molecule has 0 aromatic carbocycles. The number of rotatable bonds is 9. The summed E-state index contributed by atoms with van der Waals surface area (Å²) in [6.07, 6.45) is 10.9. The lowest BCUT2D eigenvalue weighted by molar-refractivity contribution is 0.0756. The van der Waals surface area contributed by atoms with Crippen molar-refractivity contribution < 1.29 is 9.47 Å². The van der Waals surface area contributed by atoms with Crippen LogP contribution in [-0.4, -0.2) is 19.8 Å². The van der Waals surface area contributed by atoms with Crippen molar-refractivity contribution in [2.75, 3.05) is 19.8 Å². The van der Waals surface area contributed by atoms with E-state index >= 15 is 0 Å². The summed E-state index contributed by atoms with van der Waals surface area (Å²) in [4.78, 5) is 0. The molecule has 0 heterocycles. The second kappa shape index (κ2) is 9.29. The van der Waals surface area contributed by atoms with Crippen LogP contribution in [0.25, 0.3) is 0 Å². The van der Waals surface area contributed by atoms with Crippen LogP contribution in [0.1, 0.15) is 38.5 Å². The molecular weight excluding hydrogens is 212 g/mol. The Morgan fingerprint density at radius 1 is 1.00 bits per heavy atom. The maximum absolute atomic E-state index is 5.71. The average Bonchev–Trinajstić information content (AvgIpc) is 2.38. The van der Waals surface area contributed by atoms with Gasteiger partial charge in [0.05, 0.1) is 12.9 Å². The van der Waals surface area contributed by atoms with E-state index in [1.165, 1.54) is 31.9 Å². The standard InChI is InChI=1S/C15H26O2/c1-3-14-7-9-15(10-8-14)13-17-12-6-5-11-16-4-2/h3-4,14-15H,1-2,5-13H2. The predicted molar refractivity (Wildman–Crippen MR) is 71.8 cm³/mol. The molecule has 1 fully saturated rings. The molecule has 17 heavy (non-hydrogen) atoms. The van der Waals surface area contributed by atoms with Gasteiger partial charge in [0.2, 0.25) is 0 Å². The van der Waals surface area contributed by atoms with E-state index in [9.17, 15) is 0 Å². The van der Waals surface area contributed by atoms with Gasteiger partial charge < -0.3 is 9.47 Å². The fourth-order valence-electron chi connectivity index (χ4n) is 2.31. The van der Waals surface area contributed by atoms with Crippen LogP contribution in [-0.2, 0) is 9.47 Å². The molecule has 0 aromatic rings. The van der Waals surface area contributed by atoms with Gasteiger partial charge >= 0.3 is 0 Å². The fourth-order valence-corrected chi connectivity index (χ4v) is 2.31. The number of hydrogen-bond donors (Lipinski definition) is 0. The van der Waals surface area contributed by atoms with Gasteiger partial charge in [0.25, 0.3) is 0 Å². The van der Waals surface area contributed by atoms with Crippen molar-refractivity contribution in [2.24, 2.45) is 11.8 Å². The molecule has 1 aliphatic carbocycles. The maximum atomic E-state index is 5.71. The van der Waals surface area contributed by atoms with Crippen molar-refractivity contribution in [3.05, 3.63) is 25.5 Å². The minimum absolute atomic E-state index is 0.752. The van der Waals surface area contributed by atoms with E-state index in [1.807, 2.05) is 0 Å². The first-order valence-electron chi connectivity index (χ1n) is 6.79. The van der Waals surface area contributed by atoms with Gasteiger partial charge in [-0.1, -0.05) is 12.7 Å². The highest BCUT2D eigenvalue weighted by Crippen LogP contribution is 2.29. The summed E-state index contributed by atoms with van der Waals surface area (Å²) < 4.78 is 10.8. The second-order valence-corrected chi connectivity index (χ2v) is 4.84. The third kappa shape index (κ3) is 6.52. The zero-order valence-electron chi connectivity index (χ0n) is 10.9. The molecule has 0 radical (unpaired) electrons. The Balaban J connectivity index is 1.90. The van der Waals surface area contributed by atoms with E-state index in [-0.39, 0.29) is 0 Å². The third-order valence-electron chi connectivity index (χ3n) is 3.50. The zero-order valence-corrected chi connectivity index (χ0v) is 10.9. The van der Waals surface area contributed by atoms with Crippen LogP contribution >= 0.6 is 0 Å². The van der Waals surface area contributed by atoms with Crippen molar-refractivity contribution >= 4 is 0 Å². The molecule has 1 rings (SSSR count). The smallest absolute Gasteiger partial charge is 0.0873 e. The maximum Gasteiger partial charge on any atom is 0.0873 e. The van der Waals surface area contributed by atoms with Crippen LogP contribution in [0.2, 0.25) is 0 Å². The topological polar surface area (TPSA) is 18.5 Å². The highest BCUT2D eigenvalue weighted by molar-refractivity contribution is 4.83. The Bertz CT molecular complexity index is 205. The van der Waals surface area contributed by atoms with Crippen molar-refractivity contribution in [3.63, 3.8) is 0 Å². The summed E-state index contributed by atoms with van der Waals surface area (Å²) >= 11 is 0. The van der Waals surface area contributed by atoms with E-state index in [4.69, 9.17) is 9.47 Å². The van der Waals surface area contributed by atoms with Crippen LogP contribution in [0, 0.1) is 11.8 Å². The molecule has 0 aromatic heterocycles. The van der Waals surface area contributed by atoms with E-state index in [0.717, 1.165) is 44.5 Å². The van der Waals surface area contributed by atoms with Crippen LogP contribution in [0.15, 0.2) is 25.5 Å². The van der Waals surface area contributed by atoms with E-state index in [2.05, 4.69) is 19.2 Å². The SMILES string of the molecule is C=COCCCCOCC1CCC(C=C)CC1. The lowest BCUT2D eigenvalue weighted by Crippen LogP contribution is -2.18. The van der Waals surface area contributed by atoms with Crippen molar-refractivity contribution in [2.45, 2.75) is 38.5 Å². The summed E-state index contributed by atoms with van der Waals surface area (Å²) in [5.74, 6) is 1.53.